The normalized spacial score (nSPS) is 11.0. The predicted octanol–water partition coefficient (Wildman–Crippen LogP) is 2.70. The molecule has 18 heavy (non-hydrogen) atoms. The first-order valence-electron chi connectivity index (χ1n) is 6.34. The van der Waals surface area contributed by atoms with Crippen molar-refractivity contribution in [2.45, 2.75) is 12.8 Å². The van der Waals surface area contributed by atoms with Gasteiger partial charge in [0.25, 0.3) is 0 Å². The van der Waals surface area contributed by atoms with E-state index in [9.17, 15) is 0 Å². The number of alkyl halides is 2. The lowest BCUT2D eigenvalue weighted by Gasteiger charge is -2.07. The molecule has 6 heteroatoms. The SMILES string of the molecule is ICCCOCCOCCOCCOCCCI. The van der Waals surface area contributed by atoms with Gasteiger partial charge in [-0.05, 0) is 12.8 Å². The van der Waals surface area contributed by atoms with Gasteiger partial charge >= 0.3 is 0 Å². The Morgan fingerprint density at radius 2 is 0.722 bits per heavy atom. The Labute approximate surface area is 138 Å². The van der Waals surface area contributed by atoms with E-state index in [1.807, 2.05) is 0 Å². The fraction of sp³-hybridized carbons (Fsp3) is 1.00. The highest BCUT2D eigenvalue weighted by molar-refractivity contribution is 14.1. The van der Waals surface area contributed by atoms with Crippen molar-refractivity contribution in [1.82, 2.24) is 0 Å². The zero-order valence-corrected chi connectivity index (χ0v) is 15.2. The maximum Gasteiger partial charge on any atom is 0.0701 e. The van der Waals surface area contributed by atoms with Crippen LogP contribution in [0, 0.1) is 0 Å². The van der Waals surface area contributed by atoms with Gasteiger partial charge in [0.1, 0.15) is 0 Å². The van der Waals surface area contributed by atoms with E-state index in [0.29, 0.717) is 39.6 Å². The molecule has 0 aromatic heterocycles. The summed E-state index contributed by atoms with van der Waals surface area (Å²) in [7, 11) is 0. The van der Waals surface area contributed by atoms with Crippen LogP contribution in [0.3, 0.4) is 0 Å². The first kappa shape index (κ1) is 19.3. The van der Waals surface area contributed by atoms with E-state index in [1.54, 1.807) is 0 Å². The van der Waals surface area contributed by atoms with Gasteiger partial charge in [-0.1, -0.05) is 45.2 Å². The van der Waals surface area contributed by atoms with Crippen LogP contribution >= 0.6 is 45.2 Å². The summed E-state index contributed by atoms with van der Waals surface area (Å²) in [5.41, 5.74) is 0. The van der Waals surface area contributed by atoms with Gasteiger partial charge < -0.3 is 18.9 Å². The molecule has 0 radical (unpaired) electrons. The molecule has 0 rings (SSSR count). The number of rotatable bonds is 15. The van der Waals surface area contributed by atoms with Gasteiger partial charge in [0.05, 0.1) is 39.6 Å². The minimum absolute atomic E-state index is 0.628. The van der Waals surface area contributed by atoms with Gasteiger partial charge in [0.2, 0.25) is 0 Å². The third kappa shape index (κ3) is 17.3. The number of halogens is 2. The molecule has 0 atom stereocenters. The molecule has 0 saturated carbocycles. The average Bonchev–Trinajstić information content (AvgIpc) is 2.39. The Bertz CT molecular complexity index is 134. The van der Waals surface area contributed by atoms with Crippen molar-refractivity contribution >= 4 is 45.2 Å². The summed E-state index contributed by atoms with van der Waals surface area (Å²) in [5, 5.41) is 0. The van der Waals surface area contributed by atoms with E-state index in [2.05, 4.69) is 45.2 Å². The summed E-state index contributed by atoms with van der Waals surface area (Å²) < 4.78 is 23.8. The Hall–Kier alpha value is 1.30. The second-order valence-electron chi connectivity index (χ2n) is 3.53. The lowest BCUT2D eigenvalue weighted by atomic mass is 10.5. The largest absolute Gasteiger partial charge is 0.379 e. The molecular weight excluding hydrogens is 462 g/mol. The first-order valence-corrected chi connectivity index (χ1v) is 9.40. The molecule has 0 aliphatic rings. The average molecular weight is 486 g/mol. The van der Waals surface area contributed by atoms with Crippen LogP contribution in [0.2, 0.25) is 0 Å². The van der Waals surface area contributed by atoms with Crippen molar-refractivity contribution in [2.24, 2.45) is 0 Å². The van der Waals surface area contributed by atoms with Gasteiger partial charge in [-0.2, -0.15) is 0 Å². The highest BCUT2D eigenvalue weighted by Crippen LogP contribution is 1.90. The summed E-state index contributed by atoms with van der Waals surface area (Å²) in [6, 6.07) is 0. The Morgan fingerprint density at radius 1 is 0.444 bits per heavy atom. The number of ether oxygens (including phenoxy) is 4. The highest BCUT2D eigenvalue weighted by atomic mass is 127. The Kier molecular flexibility index (Phi) is 19.6. The van der Waals surface area contributed by atoms with Crippen LogP contribution in [0.4, 0.5) is 0 Å². The van der Waals surface area contributed by atoms with Gasteiger partial charge in [0.15, 0.2) is 0 Å². The molecule has 0 bridgehead atoms. The van der Waals surface area contributed by atoms with Gasteiger partial charge in [-0.25, -0.2) is 0 Å². The molecule has 0 aromatic carbocycles. The molecular formula is C12H24I2O4. The van der Waals surface area contributed by atoms with Crippen molar-refractivity contribution in [1.29, 1.82) is 0 Å². The lowest BCUT2D eigenvalue weighted by molar-refractivity contribution is -0.00142. The lowest BCUT2D eigenvalue weighted by Crippen LogP contribution is -2.12. The van der Waals surface area contributed by atoms with E-state index in [-0.39, 0.29) is 0 Å². The summed E-state index contributed by atoms with van der Waals surface area (Å²) in [6.45, 7) is 5.57. The van der Waals surface area contributed by atoms with E-state index in [4.69, 9.17) is 18.9 Å². The molecule has 0 amide bonds. The molecule has 0 aromatic rings. The van der Waals surface area contributed by atoms with Gasteiger partial charge in [-0.3, -0.25) is 0 Å². The van der Waals surface area contributed by atoms with Crippen molar-refractivity contribution in [3.8, 4) is 0 Å². The van der Waals surface area contributed by atoms with Crippen molar-refractivity contribution < 1.29 is 18.9 Å². The molecule has 0 heterocycles. The monoisotopic (exact) mass is 486 g/mol. The minimum Gasteiger partial charge on any atom is -0.379 e. The fourth-order valence-electron chi connectivity index (χ4n) is 1.08. The van der Waals surface area contributed by atoms with Crippen LogP contribution in [-0.2, 0) is 18.9 Å². The summed E-state index contributed by atoms with van der Waals surface area (Å²) in [5.74, 6) is 0. The van der Waals surface area contributed by atoms with Crippen LogP contribution in [0.15, 0.2) is 0 Å². The molecule has 110 valence electrons. The minimum atomic E-state index is 0.628. The number of hydrogen-bond acceptors (Lipinski definition) is 4. The van der Waals surface area contributed by atoms with E-state index < -0.39 is 0 Å². The second kappa shape index (κ2) is 18.3. The fourth-order valence-corrected chi connectivity index (χ4v) is 1.70. The summed E-state index contributed by atoms with van der Waals surface area (Å²) in [4.78, 5) is 0. The van der Waals surface area contributed by atoms with Crippen LogP contribution < -0.4 is 0 Å². The molecule has 0 saturated heterocycles. The summed E-state index contributed by atoms with van der Waals surface area (Å²) >= 11 is 4.69. The van der Waals surface area contributed by atoms with Crippen molar-refractivity contribution in [2.75, 3.05) is 61.7 Å². The predicted molar refractivity (Wildman–Crippen MR) is 90.3 cm³/mol. The Morgan fingerprint density at radius 3 is 1.00 bits per heavy atom. The van der Waals surface area contributed by atoms with Crippen molar-refractivity contribution in [3.05, 3.63) is 0 Å². The van der Waals surface area contributed by atoms with Crippen molar-refractivity contribution in [3.63, 3.8) is 0 Å². The van der Waals surface area contributed by atoms with Crippen LogP contribution in [0.25, 0.3) is 0 Å². The maximum atomic E-state index is 5.37. The quantitative estimate of drug-likeness (QED) is 0.203. The number of hydrogen-bond donors (Lipinski definition) is 0. The van der Waals surface area contributed by atoms with E-state index in [1.165, 1.54) is 0 Å². The second-order valence-corrected chi connectivity index (χ2v) is 5.69. The molecule has 0 N–H and O–H groups in total. The molecule has 0 aliphatic heterocycles. The van der Waals surface area contributed by atoms with Crippen LogP contribution in [-0.4, -0.2) is 61.7 Å². The zero-order valence-electron chi connectivity index (χ0n) is 10.9. The highest BCUT2D eigenvalue weighted by Gasteiger charge is 1.92. The smallest absolute Gasteiger partial charge is 0.0701 e. The zero-order chi connectivity index (χ0) is 13.3. The van der Waals surface area contributed by atoms with Crippen LogP contribution in [0.5, 0.6) is 0 Å². The first-order chi connectivity index (χ1) is 8.91. The third-order valence-corrected chi connectivity index (χ3v) is 3.49. The van der Waals surface area contributed by atoms with Crippen LogP contribution in [0.1, 0.15) is 12.8 Å². The van der Waals surface area contributed by atoms with Gasteiger partial charge in [0, 0.05) is 22.1 Å². The van der Waals surface area contributed by atoms with E-state index >= 15 is 0 Å². The standard InChI is InChI=1S/C12H24I2O4/c13-3-1-5-15-7-9-17-11-12-18-10-8-16-6-2-4-14/h1-12H2. The third-order valence-electron chi connectivity index (χ3n) is 1.96. The van der Waals surface area contributed by atoms with Gasteiger partial charge in [-0.15, -0.1) is 0 Å². The molecule has 0 unspecified atom stereocenters. The Balaban J connectivity index is 2.86. The molecule has 0 aliphatic carbocycles. The maximum absolute atomic E-state index is 5.37. The molecule has 0 spiro atoms. The molecule has 0 fully saturated rings. The topological polar surface area (TPSA) is 36.9 Å². The summed E-state index contributed by atoms with van der Waals surface area (Å²) in [6.07, 6.45) is 2.22. The van der Waals surface area contributed by atoms with E-state index in [0.717, 1.165) is 34.9 Å². The molecule has 4 nitrogen and oxygen atoms in total.